The average Bonchev–Trinajstić information content (AvgIpc) is 2.97. The second-order valence-electron chi connectivity index (χ2n) is 4.65. The summed E-state index contributed by atoms with van der Waals surface area (Å²) in [4.78, 5) is 5.93. The molecule has 2 bridgehead atoms. The Bertz CT molecular complexity index is 535. The minimum Gasteiger partial charge on any atom is -0.467 e. The molecular formula is C14H13NO2. The third kappa shape index (κ3) is 1.32. The molecule has 2 atom stereocenters. The lowest BCUT2D eigenvalue weighted by atomic mass is 10.0. The van der Waals surface area contributed by atoms with Crippen molar-refractivity contribution < 1.29 is 9.25 Å². The van der Waals surface area contributed by atoms with Crippen molar-refractivity contribution in [2.24, 2.45) is 0 Å². The van der Waals surface area contributed by atoms with Crippen LogP contribution in [0.15, 0.2) is 47.1 Å². The minimum atomic E-state index is 0.221. The Morgan fingerprint density at radius 3 is 2.94 bits per heavy atom. The molecule has 3 nitrogen and oxygen atoms in total. The van der Waals surface area contributed by atoms with Gasteiger partial charge in [-0.15, -0.1) is 0 Å². The number of hydroxylamine groups is 1. The first-order valence-corrected chi connectivity index (χ1v) is 5.99. The minimum absolute atomic E-state index is 0.221. The molecule has 3 heteroatoms. The van der Waals surface area contributed by atoms with Gasteiger partial charge in [-0.25, -0.2) is 5.06 Å². The molecule has 2 aliphatic rings. The van der Waals surface area contributed by atoms with Gasteiger partial charge >= 0.3 is 0 Å². The summed E-state index contributed by atoms with van der Waals surface area (Å²) in [7, 11) is 0. The lowest BCUT2D eigenvalue weighted by Crippen LogP contribution is -2.27. The van der Waals surface area contributed by atoms with Gasteiger partial charge in [0.15, 0.2) is 0 Å². The number of furan rings is 1. The second kappa shape index (κ2) is 3.37. The molecular weight excluding hydrogens is 214 g/mol. The van der Waals surface area contributed by atoms with Gasteiger partial charge in [-0.2, -0.15) is 0 Å². The van der Waals surface area contributed by atoms with E-state index in [9.17, 15) is 0 Å². The van der Waals surface area contributed by atoms with Gasteiger partial charge in [-0.05, 0) is 23.8 Å². The molecule has 1 aromatic carbocycles. The van der Waals surface area contributed by atoms with Crippen molar-refractivity contribution in [3.8, 4) is 0 Å². The Balaban J connectivity index is 1.80. The Morgan fingerprint density at radius 2 is 2.06 bits per heavy atom. The van der Waals surface area contributed by atoms with Crippen LogP contribution in [0.5, 0.6) is 0 Å². The zero-order valence-electron chi connectivity index (χ0n) is 9.37. The van der Waals surface area contributed by atoms with Crippen LogP contribution in [0, 0.1) is 0 Å². The average molecular weight is 227 g/mol. The van der Waals surface area contributed by atoms with Gasteiger partial charge in [0.2, 0.25) is 0 Å². The van der Waals surface area contributed by atoms with Crippen LogP contribution < -0.4 is 5.06 Å². The molecule has 0 unspecified atom stereocenters. The van der Waals surface area contributed by atoms with Crippen LogP contribution in [0.3, 0.4) is 0 Å². The first-order valence-electron chi connectivity index (χ1n) is 5.99. The first-order chi connectivity index (χ1) is 8.42. The van der Waals surface area contributed by atoms with Crippen LogP contribution >= 0.6 is 0 Å². The number of fused-ring (bicyclic) bond motifs is 4. The van der Waals surface area contributed by atoms with Crippen molar-refractivity contribution in [2.75, 3.05) is 5.06 Å². The van der Waals surface area contributed by atoms with Crippen LogP contribution in [0.1, 0.15) is 23.8 Å². The highest BCUT2D eigenvalue weighted by Gasteiger charge is 2.41. The van der Waals surface area contributed by atoms with E-state index in [4.69, 9.17) is 9.25 Å². The summed E-state index contributed by atoms with van der Waals surface area (Å²) in [5.41, 5.74) is 2.56. The maximum atomic E-state index is 5.93. The summed E-state index contributed by atoms with van der Waals surface area (Å²) in [5.74, 6) is 0.990. The SMILES string of the molecule is c1coc([C@@H]2C[C@H]3Cc4ccccc4N2O3)c1. The van der Waals surface area contributed by atoms with Crippen molar-refractivity contribution in [3.05, 3.63) is 54.0 Å². The van der Waals surface area contributed by atoms with E-state index < -0.39 is 0 Å². The van der Waals surface area contributed by atoms with E-state index >= 15 is 0 Å². The van der Waals surface area contributed by atoms with Crippen molar-refractivity contribution in [2.45, 2.75) is 25.0 Å². The van der Waals surface area contributed by atoms with Crippen LogP contribution in [0.25, 0.3) is 0 Å². The van der Waals surface area contributed by atoms with Gasteiger partial charge in [0.05, 0.1) is 18.1 Å². The zero-order valence-corrected chi connectivity index (χ0v) is 9.37. The van der Waals surface area contributed by atoms with Gasteiger partial charge in [-0.3, -0.25) is 4.84 Å². The summed E-state index contributed by atoms with van der Waals surface area (Å²) in [6.45, 7) is 0. The lowest BCUT2D eigenvalue weighted by Gasteiger charge is -2.29. The van der Waals surface area contributed by atoms with Crippen molar-refractivity contribution in [3.63, 3.8) is 0 Å². The van der Waals surface area contributed by atoms with Gasteiger partial charge < -0.3 is 4.42 Å². The van der Waals surface area contributed by atoms with E-state index in [2.05, 4.69) is 24.3 Å². The fraction of sp³-hybridized carbons (Fsp3) is 0.286. The highest BCUT2D eigenvalue weighted by molar-refractivity contribution is 5.56. The largest absolute Gasteiger partial charge is 0.467 e. The van der Waals surface area contributed by atoms with Crippen molar-refractivity contribution in [1.82, 2.24) is 0 Å². The molecule has 2 aliphatic heterocycles. The third-order valence-corrected chi connectivity index (χ3v) is 3.58. The zero-order chi connectivity index (χ0) is 11.2. The molecule has 86 valence electrons. The second-order valence-corrected chi connectivity index (χ2v) is 4.65. The Labute approximate surface area is 99.6 Å². The smallest absolute Gasteiger partial charge is 0.128 e. The maximum absolute atomic E-state index is 5.93. The predicted molar refractivity (Wildman–Crippen MR) is 63.6 cm³/mol. The summed E-state index contributed by atoms with van der Waals surface area (Å²) in [5, 5.41) is 2.02. The summed E-state index contributed by atoms with van der Waals surface area (Å²) in [6, 6.07) is 12.6. The predicted octanol–water partition coefficient (Wildman–Crippen LogP) is 3.09. The van der Waals surface area contributed by atoms with Crippen molar-refractivity contribution in [1.29, 1.82) is 0 Å². The molecule has 1 fully saturated rings. The monoisotopic (exact) mass is 227 g/mol. The molecule has 1 saturated heterocycles. The number of rotatable bonds is 1. The van der Waals surface area contributed by atoms with Crippen LogP contribution in [0.2, 0.25) is 0 Å². The van der Waals surface area contributed by atoms with E-state index in [0.29, 0.717) is 6.10 Å². The van der Waals surface area contributed by atoms with Gasteiger partial charge in [0.25, 0.3) is 0 Å². The summed E-state index contributed by atoms with van der Waals surface area (Å²) in [6.07, 6.45) is 4.02. The van der Waals surface area contributed by atoms with Gasteiger partial charge in [0.1, 0.15) is 11.8 Å². The summed E-state index contributed by atoms with van der Waals surface area (Å²) >= 11 is 0. The molecule has 0 radical (unpaired) electrons. The first kappa shape index (κ1) is 9.31. The van der Waals surface area contributed by atoms with E-state index in [1.165, 1.54) is 11.3 Å². The summed E-state index contributed by atoms with van der Waals surface area (Å²) < 4.78 is 5.52. The number of nitrogens with zero attached hydrogens (tertiary/aromatic N) is 1. The Hall–Kier alpha value is -1.74. The standard InChI is InChI=1S/C14H13NO2/c1-2-5-12-10(4-1)8-11-9-13(15(12)17-11)14-6-3-7-16-14/h1-7,11,13H,8-9H2/t11-,13+/m1/s1. The normalized spacial score (nSPS) is 26.0. The number of para-hydroxylation sites is 1. The van der Waals surface area contributed by atoms with E-state index in [1.54, 1.807) is 6.26 Å². The number of anilines is 1. The van der Waals surface area contributed by atoms with Crippen LogP contribution in [-0.2, 0) is 11.3 Å². The molecule has 0 aliphatic carbocycles. The van der Waals surface area contributed by atoms with Crippen molar-refractivity contribution >= 4 is 5.69 Å². The number of hydrogen-bond donors (Lipinski definition) is 0. The lowest BCUT2D eigenvalue weighted by molar-refractivity contribution is 0.0724. The van der Waals surface area contributed by atoms with E-state index in [0.717, 1.165) is 18.6 Å². The molecule has 1 aromatic heterocycles. The topological polar surface area (TPSA) is 25.6 Å². The number of benzene rings is 1. The fourth-order valence-electron chi connectivity index (χ4n) is 2.82. The molecule has 0 amide bonds. The Kier molecular flexibility index (Phi) is 1.85. The molecule has 17 heavy (non-hydrogen) atoms. The van der Waals surface area contributed by atoms with Gasteiger partial charge in [-0.1, -0.05) is 18.2 Å². The van der Waals surface area contributed by atoms with Crippen LogP contribution in [-0.4, -0.2) is 6.10 Å². The highest BCUT2D eigenvalue weighted by Crippen LogP contribution is 2.44. The molecule has 3 heterocycles. The van der Waals surface area contributed by atoms with Gasteiger partial charge in [0, 0.05) is 12.8 Å². The number of hydrogen-bond acceptors (Lipinski definition) is 3. The fourth-order valence-corrected chi connectivity index (χ4v) is 2.82. The molecule has 0 saturated carbocycles. The van der Waals surface area contributed by atoms with E-state index in [-0.39, 0.29) is 6.04 Å². The molecule has 2 aromatic rings. The highest BCUT2D eigenvalue weighted by atomic mass is 16.7. The maximum Gasteiger partial charge on any atom is 0.128 e. The third-order valence-electron chi connectivity index (χ3n) is 3.58. The quantitative estimate of drug-likeness (QED) is 0.748. The van der Waals surface area contributed by atoms with E-state index in [1.807, 2.05) is 17.2 Å². The van der Waals surface area contributed by atoms with Crippen LogP contribution in [0.4, 0.5) is 5.69 Å². The molecule has 0 spiro atoms. The Morgan fingerprint density at radius 1 is 1.12 bits per heavy atom. The molecule has 0 N–H and O–H groups in total. The molecule has 4 rings (SSSR count).